The monoisotopic (exact) mass is 140 g/mol. The predicted octanol–water partition coefficient (Wildman–Crippen LogP) is 0.573. The molecule has 0 aromatic heterocycles. The molecule has 1 heterocycles. The molecule has 2 aliphatic rings. The Morgan fingerprint density at radius 3 is 2.70 bits per heavy atom. The van der Waals surface area contributed by atoms with Gasteiger partial charge in [0.1, 0.15) is 0 Å². The third-order valence-corrected chi connectivity index (χ3v) is 2.97. The number of hydrogen-bond donors (Lipinski definition) is 1. The van der Waals surface area contributed by atoms with Crippen molar-refractivity contribution in [3.05, 3.63) is 0 Å². The molecule has 0 bridgehead atoms. The summed E-state index contributed by atoms with van der Waals surface area (Å²) in [4.78, 5) is 2.59. The lowest BCUT2D eigenvalue weighted by Gasteiger charge is -2.22. The molecule has 58 valence electrons. The molecule has 2 N–H and O–H groups in total. The third kappa shape index (κ3) is 0.867. The number of likely N-dealkylation sites (tertiary alicyclic amines) is 1. The molecular formula is C8H16N2. The number of nitrogens with two attached hydrogens (primary N) is 1. The van der Waals surface area contributed by atoms with Crippen molar-refractivity contribution in [2.75, 3.05) is 19.6 Å². The Morgan fingerprint density at radius 2 is 2.10 bits per heavy atom. The minimum Gasteiger partial charge on any atom is -0.329 e. The lowest BCUT2D eigenvalue weighted by atomic mass is 10.2. The van der Waals surface area contributed by atoms with E-state index in [4.69, 9.17) is 5.73 Å². The molecule has 0 amide bonds. The summed E-state index contributed by atoms with van der Waals surface area (Å²) in [5, 5.41) is 0. The highest BCUT2D eigenvalue weighted by Gasteiger charge is 2.49. The standard InChI is InChI=1S/C8H16N2/c9-5-7-10-6-1-2-8(10)3-4-8/h1-7,9H2. The summed E-state index contributed by atoms with van der Waals surface area (Å²) >= 11 is 0. The van der Waals surface area contributed by atoms with Crippen molar-refractivity contribution in [3.63, 3.8) is 0 Å². The van der Waals surface area contributed by atoms with E-state index in [0.717, 1.165) is 13.1 Å². The topological polar surface area (TPSA) is 29.3 Å². The van der Waals surface area contributed by atoms with Crippen LogP contribution in [0.1, 0.15) is 25.7 Å². The highest BCUT2D eigenvalue weighted by Crippen LogP contribution is 2.48. The van der Waals surface area contributed by atoms with E-state index in [1.165, 1.54) is 32.2 Å². The van der Waals surface area contributed by atoms with Crippen molar-refractivity contribution in [1.29, 1.82) is 0 Å². The molecule has 1 aliphatic heterocycles. The van der Waals surface area contributed by atoms with Crippen LogP contribution in [-0.4, -0.2) is 30.1 Å². The van der Waals surface area contributed by atoms with E-state index < -0.39 is 0 Å². The summed E-state index contributed by atoms with van der Waals surface area (Å²) in [7, 11) is 0. The van der Waals surface area contributed by atoms with Crippen LogP contribution in [0.3, 0.4) is 0 Å². The molecule has 1 saturated heterocycles. The zero-order valence-electron chi connectivity index (χ0n) is 6.47. The summed E-state index contributed by atoms with van der Waals surface area (Å²) < 4.78 is 0. The molecule has 1 aliphatic carbocycles. The van der Waals surface area contributed by atoms with E-state index in [1.54, 1.807) is 0 Å². The Bertz CT molecular complexity index is 129. The smallest absolute Gasteiger partial charge is 0.0212 e. The van der Waals surface area contributed by atoms with E-state index in [-0.39, 0.29) is 0 Å². The van der Waals surface area contributed by atoms with Gasteiger partial charge in [-0.2, -0.15) is 0 Å². The molecule has 2 rings (SSSR count). The van der Waals surface area contributed by atoms with Crippen LogP contribution in [0.25, 0.3) is 0 Å². The van der Waals surface area contributed by atoms with Crippen LogP contribution < -0.4 is 5.73 Å². The molecule has 1 saturated carbocycles. The highest BCUT2D eigenvalue weighted by molar-refractivity contribution is 5.07. The SMILES string of the molecule is NCCN1CCCC12CC2. The first-order chi connectivity index (χ1) is 4.87. The van der Waals surface area contributed by atoms with Gasteiger partial charge in [-0.15, -0.1) is 0 Å². The molecule has 1 spiro atoms. The number of rotatable bonds is 2. The van der Waals surface area contributed by atoms with Gasteiger partial charge in [0.2, 0.25) is 0 Å². The van der Waals surface area contributed by atoms with Crippen molar-refractivity contribution in [1.82, 2.24) is 4.90 Å². The maximum absolute atomic E-state index is 5.52. The first-order valence-electron chi connectivity index (χ1n) is 4.32. The van der Waals surface area contributed by atoms with Crippen LogP contribution in [0.15, 0.2) is 0 Å². The maximum atomic E-state index is 5.52. The average Bonchev–Trinajstić information content (AvgIpc) is 2.57. The van der Waals surface area contributed by atoms with Gasteiger partial charge in [0.15, 0.2) is 0 Å². The molecule has 2 heteroatoms. The fourth-order valence-electron chi connectivity index (χ4n) is 2.21. The number of nitrogens with zero attached hydrogens (tertiary/aromatic N) is 1. The molecular weight excluding hydrogens is 124 g/mol. The Kier molecular flexibility index (Phi) is 1.46. The molecule has 2 fully saturated rings. The van der Waals surface area contributed by atoms with E-state index >= 15 is 0 Å². The largest absolute Gasteiger partial charge is 0.329 e. The zero-order valence-corrected chi connectivity index (χ0v) is 6.47. The van der Waals surface area contributed by atoms with Gasteiger partial charge in [-0.05, 0) is 32.2 Å². The van der Waals surface area contributed by atoms with Gasteiger partial charge in [-0.1, -0.05) is 0 Å². The van der Waals surface area contributed by atoms with Crippen molar-refractivity contribution in [2.45, 2.75) is 31.2 Å². The first-order valence-corrected chi connectivity index (χ1v) is 4.32. The highest BCUT2D eigenvalue weighted by atomic mass is 15.2. The Morgan fingerprint density at radius 1 is 1.30 bits per heavy atom. The molecule has 0 atom stereocenters. The van der Waals surface area contributed by atoms with E-state index in [1.807, 2.05) is 0 Å². The Hall–Kier alpha value is -0.0800. The van der Waals surface area contributed by atoms with Gasteiger partial charge in [-0.3, -0.25) is 4.90 Å². The van der Waals surface area contributed by atoms with E-state index in [0.29, 0.717) is 5.54 Å². The minimum atomic E-state index is 0.666. The van der Waals surface area contributed by atoms with Gasteiger partial charge in [-0.25, -0.2) is 0 Å². The quantitative estimate of drug-likeness (QED) is 0.607. The van der Waals surface area contributed by atoms with Crippen molar-refractivity contribution < 1.29 is 0 Å². The first kappa shape index (κ1) is 6.62. The molecule has 2 nitrogen and oxygen atoms in total. The van der Waals surface area contributed by atoms with Crippen molar-refractivity contribution in [3.8, 4) is 0 Å². The van der Waals surface area contributed by atoms with Gasteiger partial charge in [0.25, 0.3) is 0 Å². The van der Waals surface area contributed by atoms with Crippen LogP contribution in [0.2, 0.25) is 0 Å². The summed E-state index contributed by atoms with van der Waals surface area (Å²) in [5.74, 6) is 0. The zero-order chi connectivity index (χ0) is 7.03. The summed E-state index contributed by atoms with van der Waals surface area (Å²) in [6.45, 7) is 3.26. The number of hydrogen-bond acceptors (Lipinski definition) is 2. The van der Waals surface area contributed by atoms with Gasteiger partial charge < -0.3 is 5.73 Å². The summed E-state index contributed by atoms with van der Waals surface area (Å²) in [5.41, 5.74) is 6.18. The second-order valence-electron chi connectivity index (χ2n) is 3.60. The lowest BCUT2D eigenvalue weighted by Crippen LogP contribution is -2.35. The fraction of sp³-hybridized carbons (Fsp3) is 1.00. The van der Waals surface area contributed by atoms with Crippen LogP contribution in [0.5, 0.6) is 0 Å². The average molecular weight is 140 g/mol. The van der Waals surface area contributed by atoms with Crippen LogP contribution >= 0.6 is 0 Å². The van der Waals surface area contributed by atoms with Gasteiger partial charge >= 0.3 is 0 Å². The minimum absolute atomic E-state index is 0.666. The summed E-state index contributed by atoms with van der Waals surface area (Å²) in [6.07, 6.45) is 5.72. The molecule has 0 radical (unpaired) electrons. The molecule has 0 unspecified atom stereocenters. The lowest BCUT2D eigenvalue weighted by molar-refractivity contribution is 0.242. The van der Waals surface area contributed by atoms with Crippen molar-refractivity contribution in [2.24, 2.45) is 5.73 Å². The Labute approximate surface area is 62.4 Å². The van der Waals surface area contributed by atoms with Crippen molar-refractivity contribution >= 4 is 0 Å². The second kappa shape index (κ2) is 2.21. The predicted molar refractivity (Wildman–Crippen MR) is 41.8 cm³/mol. The molecule has 10 heavy (non-hydrogen) atoms. The van der Waals surface area contributed by atoms with Crippen LogP contribution in [0.4, 0.5) is 0 Å². The third-order valence-electron chi connectivity index (χ3n) is 2.97. The van der Waals surface area contributed by atoms with Crippen LogP contribution in [0, 0.1) is 0 Å². The van der Waals surface area contributed by atoms with Gasteiger partial charge in [0, 0.05) is 18.6 Å². The van der Waals surface area contributed by atoms with Crippen LogP contribution in [-0.2, 0) is 0 Å². The normalized spacial score (nSPS) is 29.7. The van der Waals surface area contributed by atoms with E-state index in [9.17, 15) is 0 Å². The molecule has 0 aromatic carbocycles. The Balaban J connectivity index is 1.94. The maximum Gasteiger partial charge on any atom is 0.0212 e. The van der Waals surface area contributed by atoms with E-state index in [2.05, 4.69) is 4.90 Å². The molecule has 0 aromatic rings. The fourth-order valence-corrected chi connectivity index (χ4v) is 2.21. The second-order valence-corrected chi connectivity index (χ2v) is 3.60. The van der Waals surface area contributed by atoms with Gasteiger partial charge in [0.05, 0.1) is 0 Å². The summed E-state index contributed by atoms with van der Waals surface area (Å²) in [6, 6.07) is 0.